The molecule has 0 amide bonds. The van der Waals surface area contributed by atoms with Crippen molar-refractivity contribution in [1.82, 2.24) is 4.98 Å². The summed E-state index contributed by atoms with van der Waals surface area (Å²) in [7, 11) is -2.21. The fourth-order valence-electron chi connectivity index (χ4n) is 4.56. The molecule has 0 aromatic carbocycles. The second-order valence-electron chi connectivity index (χ2n) is 10.7. The molecule has 5 nitrogen and oxygen atoms in total. The van der Waals surface area contributed by atoms with E-state index in [-0.39, 0.29) is 25.0 Å². The number of allylic oxidation sites excluding steroid dienone is 2. The third-order valence-electron chi connectivity index (χ3n) is 7.62. The van der Waals surface area contributed by atoms with Gasteiger partial charge >= 0.3 is 12.1 Å². The molecule has 10 heteroatoms. The summed E-state index contributed by atoms with van der Waals surface area (Å²) in [5, 5.41) is 2.68. The first-order valence-electron chi connectivity index (χ1n) is 14.0. The zero-order chi connectivity index (χ0) is 30.7. The molecule has 0 saturated carbocycles. The van der Waals surface area contributed by atoms with Gasteiger partial charge in [0.2, 0.25) is 0 Å². The second-order valence-corrected chi connectivity index (χ2v) is 16.5. The van der Waals surface area contributed by atoms with Crippen molar-refractivity contribution in [3.8, 4) is 0 Å². The molecular formula is C30H46F3NO4SSi. The number of esters is 1. The van der Waals surface area contributed by atoms with Crippen LogP contribution in [0.1, 0.15) is 84.9 Å². The highest BCUT2D eigenvalue weighted by Crippen LogP contribution is 2.35. The Kier molecular flexibility index (Phi) is 14.2. The van der Waals surface area contributed by atoms with Gasteiger partial charge in [0.15, 0.2) is 8.32 Å². The highest BCUT2D eigenvalue weighted by Gasteiger charge is 2.43. The number of rotatable bonds is 17. The van der Waals surface area contributed by atoms with E-state index in [1.54, 1.807) is 33.8 Å². The first kappa shape index (κ1) is 36.0. The van der Waals surface area contributed by atoms with Crippen LogP contribution in [0.3, 0.4) is 0 Å². The van der Waals surface area contributed by atoms with Gasteiger partial charge in [-0.2, -0.15) is 13.2 Å². The number of alkyl halides is 3. The van der Waals surface area contributed by atoms with E-state index in [1.807, 2.05) is 12.3 Å². The second kappa shape index (κ2) is 15.8. The Morgan fingerprint density at radius 1 is 1.15 bits per heavy atom. The van der Waals surface area contributed by atoms with E-state index in [9.17, 15) is 22.8 Å². The molecule has 0 bridgehead atoms. The van der Waals surface area contributed by atoms with Crippen molar-refractivity contribution < 1.29 is 31.9 Å². The Hall–Kier alpha value is -2.04. The molecule has 0 saturated heterocycles. The predicted molar refractivity (Wildman–Crippen MR) is 160 cm³/mol. The Bertz CT molecular complexity index is 1050. The van der Waals surface area contributed by atoms with Gasteiger partial charge in [-0.25, -0.2) is 4.98 Å². The van der Waals surface area contributed by atoms with Gasteiger partial charge in [-0.3, -0.25) is 9.59 Å². The van der Waals surface area contributed by atoms with Crippen LogP contribution in [0.5, 0.6) is 0 Å². The number of ketones is 1. The third-order valence-corrected chi connectivity index (χ3v) is 13.1. The van der Waals surface area contributed by atoms with Crippen molar-refractivity contribution in [2.24, 2.45) is 5.41 Å². The number of ether oxygens (including phenoxy) is 1. The molecule has 0 aliphatic rings. The molecule has 0 fully saturated rings. The standard InChI is InChI=1S/C30H46F3NO4SSi/c1-10-15-23(30(31,32)33)16-17-25(21(6)18-24-20-39-22(7)34-24)37-28(36)19-27(29(8,9)26(35)11-2)38-40(12-3,13-4)14-5/h10,16,18,20,25,27H,1,11-15,17,19H2,2-9H3/b21-18+,23-16+/t25?,27-/m0/s1. The van der Waals surface area contributed by atoms with Gasteiger partial charge in [0.25, 0.3) is 0 Å². The number of carbonyl (C=O) groups excluding carboxylic acids is 2. The van der Waals surface area contributed by atoms with Crippen LogP contribution < -0.4 is 0 Å². The number of aryl methyl sites for hydroxylation is 1. The van der Waals surface area contributed by atoms with Crippen molar-refractivity contribution in [2.75, 3.05) is 0 Å². The van der Waals surface area contributed by atoms with Crippen LogP contribution in [-0.2, 0) is 18.8 Å². The normalized spacial score (nSPS) is 15.1. The minimum atomic E-state index is -4.52. The van der Waals surface area contributed by atoms with E-state index >= 15 is 0 Å². The van der Waals surface area contributed by atoms with Crippen molar-refractivity contribution >= 4 is 37.5 Å². The van der Waals surface area contributed by atoms with Gasteiger partial charge in [0.1, 0.15) is 11.9 Å². The Morgan fingerprint density at radius 2 is 1.75 bits per heavy atom. The molecule has 2 atom stereocenters. The largest absolute Gasteiger partial charge is 0.457 e. The summed E-state index contributed by atoms with van der Waals surface area (Å²) in [6.07, 6.45) is -2.59. The van der Waals surface area contributed by atoms with Crippen LogP contribution in [0.4, 0.5) is 13.2 Å². The fourth-order valence-corrected chi connectivity index (χ4v) is 8.11. The van der Waals surface area contributed by atoms with Gasteiger partial charge < -0.3 is 9.16 Å². The van der Waals surface area contributed by atoms with E-state index in [1.165, 1.54) is 17.4 Å². The average Bonchev–Trinajstić information content (AvgIpc) is 3.30. The summed E-state index contributed by atoms with van der Waals surface area (Å²) in [6.45, 7) is 18.6. The maximum absolute atomic E-state index is 13.5. The highest BCUT2D eigenvalue weighted by molar-refractivity contribution is 7.09. The summed E-state index contributed by atoms with van der Waals surface area (Å²) in [5.74, 6) is -0.642. The lowest BCUT2D eigenvalue weighted by Crippen LogP contribution is -2.49. The summed E-state index contributed by atoms with van der Waals surface area (Å²) in [5.41, 5.74) is -0.470. The number of Topliss-reactive ketones (excluding diaryl/α,β-unsaturated/α-hetero) is 1. The van der Waals surface area contributed by atoms with Crippen molar-refractivity contribution in [3.63, 3.8) is 0 Å². The smallest absolute Gasteiger partial charge is 0.412 e. The molecule has 0 aliphatic carbocycles. The van der Waals surface area contributed by atoms with Crippen LogP contribution in [0, 0.1) is 12.3 Å². The van der Waals surface area contributed by atoms with Gasteiger partial charge in [0.05, 0.1) is 23.2 Å². The van der Waals surface area contributed by atoms with Crippen LogP contribution in [0.15, 0.2) is 35.3 Å². The number of hydrogen-bond acceptors (Lipinski definition) is 6. The van der Waals surface area contributed by atoms with Gasteiger partial charge in [-0.15, -0.1) is 17.9 Å². The van der Waals surface area contributed by atoms with Crippen molar-refractivity contribution in [2.45, 2.75) is 118 Å². The monoisotopic (exact) mass is 601 g/mol. The van der Waals surface area contributed by atoms with Crippen molar-refractivity contribution in [3.05, 3.63) is 46.0 Å². The summed E-state index contributed by atoms with van der Waals surface area (Å²) in [4.78, 5) is 30.7. The molecule has 1 unspecified atom stereocenters. The molecule has 1 aromatic rings. The lowest BCUT2D eigenvalue weighted by Gasteiger charge is -2.40. The average molecular weight is 602 g/mol. The van der Waals surface area contributed by atoms with Crippen LogP contribution >= 0.6 is 11.3 Å². The zero-order valence-electron chi connectivity index (χ0n) is 25.2. The van der Waals surface area contributed by atoms with Gasteiger partial charge in [-0.1, -0.05) is 53.7 Å². The minimum Gasteiger partial charge on any atom is -0.457 e. The number of thiazole rings is 1. The fraction of sp³-hybridized carbons (Fsp3) is 0.633. The molecule has 0 N–H and O–H groups in total. The Labute approximate surface area is 243 Å². The quantitative estimate of drug-likeness (QED) is 0.101. The molecule has 226 valence electrons. The van der Waals surface area contributed by atoms with E-state index in [2.05, 4.69) is 32.3 Å². The third kappa shape index (κ3) is 10.4. The molecule has 0 spiro atoms. The predicted octanol–water partition coefficient (Wildman–Crippen LogP) is 9.01. The number of aromatic nitrogens is 1. The Balaban J connectivity index is 3.40. The maximum atomic E-state index is 13.5. The number of nitrogens with zero attached hydrogens (tertiary/aromatic N) is 1. The molecular weight excluding hydrogens is 555 g/mol. The summed E-state index contributed by atoms with van der Waals surface area (Å²) in [6, 6.07) is 2.52. The first-order valence-corrected chi connectivity index (χ1v) is 17.4. The first-order chi connectivity index (χ1) is 18.6. The number of hydrogen-bond donors (Lipinski definition) is 0. The molecule has 40 heavy (non-hydrogen) atoms. The van der Waals surface area contributed by atoms with Crippen LogP contribution in [0.2, 0.25) is 18.1 Å². The van der Waals surface area contributed by atoms with Crippen molar-refractivity contribution in [1.29, 1.82) is 0 Å². The molecule has 1 rings (SSSR count). The molecule has 1 heterocycles. The van der Waals surface area contributed by atoms with E-state index < -0.39 is 43.7 Å². The van der Waals surface area contributed by atoms with Crippen LogP contribution in [0.25, 0.3) is 6.08 Å². The zero-order valence-corrected chi connectivity index (χ0v) is 27.1. The number of halogens is 3. The van der Waals surface area contributed by atoms with Crippen LogP contribution in [-0.4, -0.2) is 43.4 Å². The summed E-state index contributed by atoms with van der Waals surface area (Å²) >= 11 is 1.45. The lowest BCUT2D eigenvalue weighted by molar-refractivity contribution is -0.152. The van der Waals surface area contributed by atoms with E-state index in [4.69, 9.17) is 9.16 Å². The molecule has 1 aromatic heterocycles. The molecule has 0 radical (unpaired) electrons. The lowest BCUT2D eigenvalue weighted by atomic mass is 9.79. The van der Waals surface area contributed by atoms with E-state index in [0.717, 1.165) is 29.2 Å². The van der Waals surface area contributed by atoms with Gasteiger partial charge in [-0.05, 0) is 50.0 Å². The topological polar surface area (TPSA) is 65.5 Å². The SMILES string of the molecule is C=CC/C(=C\CC(OC(=O)C[C@H](O[Si](CC)(CC)CC)C(C)(C)C(=O)CC)/C(C)=C/c1csc(C)n1)C(F)(F)F. The minimum absolute atomic E-state index is 0.0229. The molecule has 0 aliphatic heterocycles. The number of carbonyl (C=O) groups is 2. The maximum Gasteiger partial charge on any atom is 0.412 e. The van der Waals surface area contributed by atoms with Gasteiger partial charge in [0, 0.05) is 29.2 Å². The summed E-state index contributed by atoms with van der Waals surface area (Å²) < 4.78 is 53.2. The Morgan fingerprint density at radius 3 is 2.20 bits per heavy atom. The van der Waals surface area contributed by atoms with E-state index in [0.29, 0.717) is 17.7 Å². The highest BCUT2D eigenvalue weighted by atomic mass is 32.1.